The molecule has 0 radical (unpaired) electrons. The van der Waals surface area contributed by atoms with Crippen molar-refractivity contribution in [3.63, 3.8) is 0 Å². The van der Waals surface area contributed by atoms with Crippen LogP contribution >= 0.6 is 0 Å². The summed E-state index contributed by atoms with van der Waals surface area (Å²) < 4.78 is 0. The number of aryl methyl sites for hydroxylation is 1. The molecule has 88 valence electrons. The van der Waals surface area contributed by atoms with Crippen molar-refractivity contribution in [1.29, 1.82) is 0 Å². The monoisotopic (exact) mass is 229 g/mol. The number of carbonyl (C=O) groups excluding carboxylic acids is 2. The van der Waals surface area contributed by atoms with Crippen molar-refractivity contribution >= 4 is 11.7 Å². The molecule has 2 rings (SSSR count). The van der Waals surface area contributed by atoms with E-state index < -0.39 is 0 Å². The van der Waals surface area contributed by atoms with Crippen LogP contribution in [0.4, 0.5) is 0 Å². The third-order valence-corrected chi connectivity index (χ3v) is 2.79. The fourth-order valence-electron chi connectivity index (χ4n) is 1.81. The van der Waals surface area contributed by atoms with Crippen LogP contribution in [0.2, 0.25) is 0 Å². The van der Waals surface area contributed by atoms with Gasteiger partial charge in [-0.3, -0.25) is 9.59 Å². The van der Waals surface area contributed by atoms with Crippen LogP contribution in [0.25, 0.3) is 0 Å². The van der Waals surface area contributed by atoms with E-state index in [-0.39, 0.29) is 11.7 Å². The second kappa shape index (κ2) is 4.95. The van der Waals surface area contributed by atoms with E-state index in [1.165, 1.54) is 6.08 Å². The van der Waals surface area contributed by atoms with E-state index in [1.807, 2.05) is 19.1 Å². The van der Waals surface area contributed by atoms with E-state index in [2.05, 4.69) is 5.32 Å². The second-order valence-corrected chi connectivity index (χ2v) is 4.31. The zero-order valence-corrected chi connectivity index (χ0v) is 9.82. The van der Waals surface area contributed by atoms with Gasteiger partial charge in [-0.15, -0.1) is 0 Å². The Morgan fingerprint density at radius 1 is 1.18 bits per heavy atom. The summed E-state index contributed by atoms with van der Waals surface area (Å²) in [4.78, 5) is 23.1. The van der Waals surface area contributed by atoms with Crippen LogP contribution in [0.5, 0.6) is 0 Å². The van der Waals surface area contributed by atoms with Gasteiger partial charge in [0.25, 0.3) is 5.91 Å². The molecule has 1 N–H and O–H groups in total. The fourth-order valence-corrected chi connectivity index (χ4v) is 1.81. The third kappa shape index (κ3) is 3.03. The Bertz CT molecular complexity index is 472. The summed E-state index contributed by atoms with van der Waals surface area (Å²) in [6, 6.07) is 7.37. The lowest BCUT2D eigenvalue weighted by atomic mass is 10.0. The average Bonchev–Trinajstić information content (AvgIpc) is 2.29. The van der Waals surface area contributed by atoms with Crippen molar-refractivity contribution < 1.29 is 9.59 Å². The van der Waals surface area contributed by atoms with Gasteiger partial charge in [-0.25, -0.2) is 0 Å². The van der Waals surface area contributed by atoms with Gasteiger partial charge in [-0.1, -0.05) is 17.7 Å². The van der Waals surface area contributed by atoms with Gasteiger partial charge in [-0.05, 0) is 31.9 Å². The topological polar surface area (TPSA) is 46.2 Å². The van der Waals surface area contributed by atoms with Crippen molar-refractivity contribution in [2.75, 3.05) is 0 Å². The van der Waals surface area contributed by atoms with Crippen LogP contribution in [0.1, 0.15) is 35.2 Å². The molecule has 0 heterocycles. The predicted molar refractivity (Wildman–Crippen MR) is 65.6 cm³/mol. The summed E-state index contributed by atoms with van der Waals surface area (Å²) in [6.07, 6.45) is 3.71. The van der Waals surface area contributed by atoms with E-state index in [0.717, 1.165) is 24.1 Å². The van der Waals surface area contributed by atoms with Gasteiger partial charge in [0.1, 0.15) is 0 Å². The number of nitrogens with one attached hydrogen (secondary N) is 1. The summed E-state index contributed by atoms with van der Waals surface area (Å²) >= 11 is 0. The molecule has 1 aliphatic rings. The minimum absolute atomic E-state index is 0.0930. The molecule has 3 nitrogen and oxygen atoms in total. The minimum Gasteiger partial charge on any atom is -0.326 e. The van der Waals surface area contributed by atoms with Gasteiger partial charge in [0, 0.05) is 23.8 Å². The van der Waals surface area contributed by atoms with Crippen molar-refractivity contribution in [3.8, 4) is 0 Å². The maximum Gasteiger partial charge on any atom is 0.255 e. The summed E-state index contributed by atoms with van der Waals surface area (Å²) in [5.41, 5.74) is 2.47. The summed E-state index contributed by atoms with van der Waals surface area (Å²) in [6.45, 7) is 1.98. The molecule has 0 saturated carbocycles. The molecular formula is C14H15NO2. The van der Waals surface area contributed by atoms with E-state index in [1.54, 1.807) is 12.1 Å². The smallest absolute Gasteiger partial charge is 0.255 e. The summed E-state index contributed by atoms with van der Waals surface area (Å²) in [7, 11) is 0. The SMILES string of the molecule is Cc1ccc(C(=O)NC2=CC(=O)CCC2)cc1. The highest BCUT2D eigenvalue weighted by Gasteiger charge is 2.13. The zero-order valence-electron chi connectivity index (χ0n) is 9.82. The van der Waals surface area contributed by atoms with E-state index in [9.17, 15) is 9.59 Å². The molecule has 1 aliphatic carbocycles. The highest BCUT2D eigenvalue weighted by molar-refractivity contribution is 5.97. The number of benzene rings is 1. The zero-order chi connectivity index (χ0) is 12.3. The van der Waals surface area contributed by atoms with Crippen LogP contribution in [0.3, 0.4) is 0 Å². The molecule has 0 saturated heterocycles. The van der Waals surface area contributed by atoms with Gasteiger partial charge >= 0.3 is 0 Å². The van der Waals surface area contributed by atoms with Crippen molar-refractivity contribution in [1.82, 2.24) is 5.32 Å². The lowest BCUT2D eigenvalue weighted by Crippen LogP contribution is -2.25. The molecule has 3 heteroatoms. The van der Waals surface area contributed by atoms with E-state index in [0.29, 0.717) is 12.0 Å². The molecule has 0 bridgehead atoms. The number of ketones is 1. The normalized spacial score (nSPS) is 15.4. The molecule has 0 spiro atoms. The Balaban J connectivity index is 2.06. The summed E-state index contributed by atoms with van der Waals surface area (Å²) in [5, 5.41) is 2.79. The molecule has 0 aromatic heterocycles. The molecule has 17 heavy (non-hydrogen) atoms. The van der Waals surface area contributed by atoms with Crippen molar-refractivity contribution in [3.05, 3.63) is 47.2 Å². The minimum atomic E-state index is -0.147. The van der Waals surface area contributed by atoms with Gasteiger partial charge < -0.3 is 5.32 Å². The largest absolute Gasteiger partial charge is 0.326 e. The number of hydrogen-bond donors (Lipinski definition) is 1. The highest BCUT2D eigenvalue weighted by atomic mass is 16.1. The second-order valence-electron chi connectivity index (χ2n) is 4.31. The Hall–Kier alpha value is -1.90. The molecule has 0 unspecified atom stereocenters. The number of amides is 1. The lowest BCUT2D eigenvalue weighted by Gasteiger charge is -2.13. The Labute approximate surface area is 101 Å². The maximum atomic E-state index is 11.9. The molecule has 1 amide bonds. The molecule has 0 atom stereocenters. The van der Waals surface area contributed by atoms with E-state index in [4.69, 9.17) is 0 Å². The molecule has 1 aromatic rings. The van der Waals surface area contributed by atoms with Gasteiger partial charge in [0.15, 0.2) is 5.78 Å². The van der Waals surface area contributed by atoms with Gasteiger partial charge in [0.05, 0.1) is 0 Å². The molecule has 0 aliphatic heterocycles. The quantitative estimate of drug-likeness (QED) is 0.846. The maximum absolute atomic E-state index is 11.9. The third-order valence-electron chi connectivity index (χ3n) is 2.79. The molecular weight excluding hydrogens is 214 g/mol. The van der Waals surface area contributed by atoms with Crippen LogP contribution < -0.4 is 5.32 Å². The highest BCUT2D eigenvalue weighted by Crippen LogP contribution is 2.13. The number of rotatable bonds is 2. The Morgan fingerprint density at radius 2 is 1.88 bits per heavy atom. The first-order valence-corrected chi connectivity index (χ1v) is 5.76. The fraction of sp³-hybridized carbons (Fsp3) is 0.286. The lowest BCUT2D eigenvalue weighted by molar-refractivity contribution is -0.115. The Morgan fingerprint density at radius 3 is 2.53 bits per heavy atom. The first-order valence-electron chi connectivity index (χ1n) is 5.76. The average molecular weight is 229 g/mol. The number of hydrogen-bond acceptors (Lipinski definition) is 2. The summed E-state index contributed by atoms with van der Waals surface area (Å²) in [5.74, 6) is -0.0543. The van der Waals surface area contributed by atoms with E-state index >= 15 is 0 Å². The molecule has 1 aromatic carbocycles. The predicted octanol–water partition coefficient (Wildman–Crippen LogP) is 2.36. The van der Waals surface area contributed by atoms with Crippen LogP contribution in [-0.2, 0) is 4.79 Å². The standard InChI is InChI=1S/C14H15NO2/c1-10-5-7-11(8-6-10)14(17)15-12-3-2-4-13(16)9-12/h5-9H,2-4H2,1H3,(H,15,17). The van der Waals surface area contributed by atoms with Crippen LogP contribution in [0.15, 0.2) is 36.0 Å². The van der Waals surface area contributed by atoms with Gasteiger partial charge in [-0.2, -0.15) is 0 Å². The van der Waals surface area contributed by atoms with Crippen molar-refractivity contribution in [2.24, 2.45) is 0 Å². The first kappa shape index (κ1) is 11.6. The molecule has 0 fully saturated rings. The number of allylic oxidation sites excluding steroid dienone is 2. The van der Waals surface area contributed by atoms with Crippen molar-refractivity contribution in [2.45, 2.75) is 26.2 Å². The van der Waals surface area contributed by atoms with Crippen LogP contribution in [0, 0.1) is 6.92 Å². The Kier molecular flexibility index (Phi) is 3.38. The number of carbonyl (C=O) groups is 2. The van der Waals surface area contributed by atoms with Gasteiger partial charge in [0.2, 0.25) is 0 Å². The van der Waals surface area contributed by atoms with Crippen LogP contribution in [-0.4, -0.2) is 11.7 Å². The first-order chi connectivity index (χ1) is 8.15.